The van der Waals surface area contributed by atoms with E-state index in [9.17, 15) is 10.2 Å². The van der Waals surface area contributed by atoms with E-state index in [-0.39, 0.29) is 23.0 Å². The third-order valence-corrected chi connectivity index (χ3v) is 9.04. The molecule has 0 aromatic carbocycles. The predicted molar refractivity (Wildman–Crippen MR) is 111 cm³/mol. The molecule has 3 fully saturated rings. The number of aliphatic hydroxyl groups excluding tert-OH is 2. The second kappa shape index (κ2) is 6.34. The predicted octanol–water partition coefficient (Wildman–Crippen LogP) is 5.27. The van der Waals surface area contributed by atoms with Crippen LogP contribution in [0.3, 0.4) is 0 Å². The van der Waals surface area contributed by atoms with Crippen LogP contribution in [-0.2, 0) is 0 Å². The minimum absolute atomic E-state index is 0.0233. The molecule has 3 heteroatoms. The smallest absolute Gasteiger partial charge is 0.127 e. The highest BCUT2D eigenvalue weighted by Gasteiger charge is 2.59. The maximum atomic E-state index is 11.3. The molecule has 1 aromatic heterocycles. The SMILES string of the molecule is Cc1ccc(/C=C2/C[C@@H]3[C@H]4CC=C5C[C@H](O)CC[C@]5(C)[C@@H]4CC[C@]3(C)[C@@H]2O)o1. The van der Waals surface area contributed by atoms with Crippen molar-refractivity contribution in [2.24, 2.45) is 28.6 Å². The van der Waals surface area contributed by atoms with Gasteiger partial charge in [-0.25, -0.2) is 0 Å². The lowest BCUT2D eigenvalue weighted by molar-refractivity contribution is -0.0685. The average Bonchev–Trinajstić information content (AvgIpc) is 3.18. The van der Waals surface area contributed by atoms with Crippen molar-refractivity contribution < 1.29 is 14.6 Å². The molecular weight excluding hydrogens is 348 g/mol. The molecule has 3 saturated carbocycles. The van der Waals surface area contributed by atoms with Gasteiger partial charge in [-0.15, -0.1) is 0 Å². The van der Waals surface area contributed by atoms with Crippen molar-refractivity contribution in [1.82, 2.24) is 0 Å². The largest absolute Gasteiger partial charge is 0.462 e. The van der Waals surface area contributed by atoms with Gasteiger partial charge in [0.15, 0.2) is 0 Å². The first-order chi connectivity index (χ1) is 13.3. The van der Waals surface area contributed by atoms with Gasteiger partial charge in [-0.05, 0) is 98.8 Å². The number of aryl methyl sites for hydroxylation is 1. The summed E-state index contributed by atoms with van der Waals surface area (Å²) < 4.78 is 5.76. The van der Waals surface area contributed by atoms with E-state index < -0.39 is 0 Å². The van der Waals surface area contributed by atoms with Crippen LogP contribution in [0, 0.1) is 35.5 Å². The van der Waals surface area contributed by atoms with Crippen molar-refractivity contribution in [3.05, 3.63) is 40.9 Å². The van der Waals surface area contributed by atoms with E-state index in [0.717, 1.165) is 55.6 Å². The second-order valence-corrected chi connectivity index (χ2v) is 10.5. The van der Waals surface area contributed by atoms with Crippen molar-refractivity contribution in [2.45, 2.75) is 77.9 Å². The number of allylic oxidation sites excluding steroid dienone is 1. The summed E-state index contributed by atoms with van der Waals surface area (Å²) in [7, 11) is 0. The summed E-state index contributed by atoms with van der Waals surface area (Å²) >= 11 is 0. The number of hydrogen-bond acceptors (Lipinski definition) is 3. The molecule has 0 radical (unpaired) electrons. The Morgan fingerprint density at radius 2 is 1.89 bits per heavy atom. The van der Waals surface area contributed by atoms with Crippen LogP contribution in [0.5, 0.6) is 0 Å². The molecule has 7 atom stereocenters. The Morgan fingerprint density at radius 3 is 2.64 bits per heavy atom. The van der Waals surface area contributed by atoms with E-state index in [1.54, 1.807) is 0 Å². The van der Waals surface area contributed by atoms with Gasteiger partial charge in [0.05, 0.1) is 12.2 Å². The minimum atomic E-state index is -0.366. The molecule has 0 spiro atoms. The van der Waals surface area contributed by atoms with Crippen molar-refractivity contribution in [2.75, 3.05) is 0 Å². The molecule has 0 unspecified atom stereocenters. The van der Waals surface area contributed by atoms with Gasteiger partial charge >= 0.3 is 0 Å². The highest BCUT2D eigenvalue weighted by atomic mass is 16.3. The summed E-state index contributed by atoms with van der Waals surface area (Å²) in [5.41, 5.74) is 2.89. The third-order valence-electron chi connectivity index (χ3n) is 9.04. The fourth-order valence-corrected chi connectivity index (χ4v) is 7.35. The second-order valence-electron chi connectivity index (χ2n) is 10.5. The van der Waals surface area contributed by atoms with E-state index in [1.807, 2.05) is 19.1 Å². The summed E-state index contributed by atoms with van der Waals surface area (Å²) in [6.07, 6.45) is 11.4. The zero-order valence-corrected chi connectivity index (χ0v) is 17.4. The van der Waals surface area contributed by atoms with Gasteiger partial charge in [-0.3, -0.25) is 0 Å². The van der Waals surface area contributed by atoms with Crippen LogP contribution >= 0.6 is 0 Å². The van der Waals surface area contributed by atoms with E-state index in [2.05, 4.69) is 26.0 Å². The first-order valence-corrected chi connectivity index (χ1v) is 11.1. The molecule has 0 saturated heterocycles. The molecule has 28 heavy (non-hydrogen) atoms. The molecule has 0 aliphatic heterocycles. The first-order valence-electron chi connectivity index (χ1n) is 11.1. The van der Waals surface area contributed by atoms with Crippen LogP contribution in [0.25, 0.3) is 6.08 Å². The standard InChI is InChI=1S/C25H34O3/c1-15-4-6-19(28-15)12-16-13-22-20-7-5-17-14-18(26)8-10-24(17,2)21(20)9-11-25(22,3)23(16)27/h4-6,12,18,20-23,26-27H,7-11,13-14H2,1-3H3/b16-12-/t18-,20+,21-,22-,23-,24+,25+/m1/s1. The average molecular weight is 383 g/mol. The molecule has 152 valence electrons. The summed E-state index contributed by atoms with van der Waals surface area (Å²) in [5, 5.41) is 21.4. The lowest BCUT2D eigenvalue weighted by Crippen LogP contribution is -2.51. The molecule has 5 rings (SSSR count). The molecular formula is C25H34O3. The Morgan fingerprint density at radius 1 is 1.07 bits per heavy atom. The summed E-state index contributed by atoms with van der Waals surface area (Å²) in [5.74, 6) is 3.65. The molecule has 1 aromatic rings. The Labute approximate surface area is 168 Å². The Balaban J connectivity index is 1.47. The molecule has 0 bridgehead atoms. The summed E-state index contributed by atoms with van der Waals surface area (Å²) in [4.78, 5) is 0. The zero-order chi connectivity index (χ0) is 19.7. The van der Waals surface area contributed by atoms with Gasteiger partial charge < -0.3 is 14.6 Å². The van der Waals surface area contributed by atoms with Crippen LogP contribution in [0.15, 0.2) is 33.8 Å². The normalized spacial score (nSPS) is 46.7. The van der Waals surface area contributed by atoms with Crippen molar-refractivity contribution >= 4 is 6.08 Å². The molecule has 4 aliphatic carbocycles. The monoisotopic (exact) mass is 382 g/mol. The maximum absolute atomic E-state index is 11.3. The lowest BCUT2D eigenvalue weighted by Gasteiger charge is -2.57. The summed E-state index contributed by atoms with van der Waals surface area (Å²) in [6, 6.07) is 4.00. The van der Waals surface area contributed by atoms with Crippen LogP contribution in [0.2, 0.25) is 0 Å². The number of furan rings is 1. The van der Waals surface area contributed by atoms with Crippen molar-refractivity contribution in [3.63, 3.8) is 0 Å². The molecule has 4 aliphatic rings. The minimum Gasteiger partial charge on any atom is -0.462 e. The fraction of sp³-hybridized carbons (Fsp3) is 0.680. The Bertz CT molecular complexity index is 833. The quantitative estimate of drug-likeness (QED) is 0.651. The molecule has 3 nitrogen and oxygen atoms in total. The van der Waals surface area contributed by atoms with Gasteiger partial charge in [0.1, 0.15) is 11.5 Å². The fourth-order valence-electron chi connectivity index (χ4n) is 7.35. The van der Waals surface area contributed by atoms with E-state index in [0.29, 0.717) is 17.8 Å². The zero-order valence-electron chi connectivity index (χ0n) is 17.4. The van der Waals surface area contributed by atoms with Gasteiger partial charge in [0.2, 0.25) is 0 Å². The summed E-state index contributed by atoms with van der Waals surface area (Å²) in [6.45, 7) is 6.74. The Hall–Kier alpha value is -1.32. The maximum Gasteiger partial charge on any atom is 0.127 e. The molecule has 0 amide bonds. The topological polar surface area (TPSA) is 53.6 Å². The van der Waals surface area contributed by atoms with Gasteiger partial charge in [-0.2, -0.15) is 0 Å². The number of hydrogen-bond donors (Lipinski definition) is 2. The van der Waals surface area contributed by atoms with E-state index in [1.165, 1.54) is 12.0 Å². The number of fused-ring (bicyclic) bond motifs is 5. The molecule has 1 heterocycles. The van der Waals surface area contributed by atoms with E-state index in [4.69, 9.17) is 4.42 Å². The molecule has 2 N–H and O–H groups in total. The van der Waals surface area contributed by atoms with Gasteiger partial charge in [0, 0.05) is 5.41 Å². The van der Waals surface area contributed by atoms with Crippen LogP contribution in [0.1, 0.15) is 70.3 Å². The van der Waals surface area contributed by atoms with E-state index >= 15 is 0 Å². The van der Waals surface area contributed by atoms with Crippen LogP contribution < -0.4 is 0 Å². The number of rotatable bonds is 1. The van der Waals surface area contributed by atoms with Gasteiger partial charge in [0.25, 0.3) is 0 Å². The third kappa shape index (κ3) is 2.62. The first kappa shape index (κ1) is 18.7. The highest BCUT2D eigenvalue weighted by Crippen LogP contribution is 2.65. The lowest BCUT2D eigenvalue weighted by atomic mass is 9.48. The van der Waals surface area contributed by atoms with Crippen LogP contribution in [0.4, 0.5) is 0 Å². The highest BCUT2D eigenvalue weighted by molar-refractivity contribution is 5.51. The van der Waals surface area contributed by atoms with Crippen molar-refractivity contribution in [1.29, 1.82) is 0 Å². The Kier molecular flexibility index (Phi) is 4.23. The van der Waals surface area contributed by atoms with Crippen LogP contribution in [-0.4, -0.2) is 22.4 Å². The van der Waals surface area contributed by atoms with Gasteiger partial charge in [-0.1, -0.05) is 25.5 Å². The van der Waals surface area contributed by atoms with Crippen molar-refractivity contribution in [3.8, 4) is 0 Å². The number of aliphatic hydroxyl groups is 2.